The van der Waals surface area contributed by atoms with Crippen molar-refractivity contribution in [2.75, 3.05) is 18.8 Å². The van der Waals surface area contributed by atoms with Gasteiger partial charge in [0, 0.05) is 43.8 Å². The fourth-order valence-corrected chi connectivity index (χ4v) is 8.96. The second-order valence-corrected chi connectivity index (χ2v) is 12.5. The highest BCUT2D eigenvalue weighted by atomic mass is 32.2. The number of aromatic nitrogens is 3. The summed E-state index contributed by atoms with van der Waals surface area (Å²) in [5.41, 5.74) is -0.897. The molecular formula is C22H34N4O3S. The van der Waals surface area contributed by atoms with Crippen LogP contribution in [-0.4, -0.2) is 52.1 Å². The smallest absolute Gasteiger partial charge is 0.215 e. The minimum Gasteiger partial charge on any atom is -0.315 e. The lowest BCUT2D eigenvalue weighted by Gasteiger charge is -2.39. The minimum atomic E-state index is -3.46. The monoisotopic (exact) mass is 434 g/mol. The Bertz CT molecular complexity index is 946. The van der Waals surface area contributed by atoms with Gasteiger partial charge in [-0.2, -0.15) is 0 Å². The van der Waals surface area contributed by atoms with Gasteiger partial charge in [0.2, 0.25) is 10.0 Å². The van der Waals surface area contributed by atoms with E-state index in [9.17, 15) is 13.2 Å². The Balaban J connectivity index is 1.29. The maximum atomic E-state index is 13.4. The van der Waals surface area contributed by atoms with Gasteiger partial charge < -0.3 is 4.57 Å². The van der Waals surface area contributed by atoms with Crippen LogP contribution in [0.5, 0.6) is 0 Å². The molecule has 2 aliphatic carbocycles. The number of Topliss-reactive ketones (excluding diaryl/α,β-unsaturated/α-hetero) is 1. The first-order chi connectivity index (χ1) is 14.2. The van der Waals surface area contributed by atoms with Gasteiger partial charge in [-0.25, -0.2) is 12.7 Å². The Morgan fingerprint density at radius 2 is 1.80 bits per heavy atom. The van der Waals surface area contributed by atoms with Gasteiger partial charge >= 0.3 is 0 Å². The number of aryl methyl sites for hydroxylation is 1. The number of ketones is 1. The van der Waals surface area contributed by atoms with Crippen molar-refractivity contribution in [3.63, 3.8) is 0 Å². The van der Waals surface area contributed by atoms with E-state index < -0.39 is 15.4 Å². The molecule has 8 heteroatoms. The van der Waals surface area contributed by atoms with Crippen LogP contribution in [0.25, 0.3) is 0 Å². The first kappa shape index (κ1) is 20.6. The van der Waals surface area contributed by atoms with Crippen molar-refractivity contribution in [2.45, 2.75) is 84.1 Å². The molecule has 166 valence electrons. The SMILES string of the molecule is CC1(C)[C@@H]2CC[C@@]1(CS(=O)(=O)N1CCC(c3nnc4n3CCCCC4)CC1)C(=O)C2. The number of carbonyl (C=O) groups is 1. The van der Waals surface area contributed by atoms with E-state index in [1.807, 2.05) is 0 Å². The summed E-state index contributed by atoms with van der Waals surface area (Å²) >= 11 is 0. The summed E-state index contributed by atoms with van der Waals surface area (Å²) in [5.74, 6) is 2.92. The largest absolute Gasteiger partial charge is 0.315 e. The predicted molar refractivity (Wildman–Crippen MR) is 113 cm³/mol. The average Bonchev–Trinajstić information content (AvgIpc) is 3.17. The van der Waals surface area contributed by atoms with Gasteiger partial charge in [0.1, 0.15) is 17.4 Å². The number of hydrogen-bond acceptors (Lipinski definition) is 5. The molecule has 1 aromatic heterocycles. The summed E-state index contributed by atoms with van der Waals surface area (Å²) in [6.07, 6.45) is 8.39. The molecule has 30 heavy (non-hydrogen) atoms. The summed E-state index contributed by atoms with van der Waals surface area (Å²) < 4.78 is 30.7. The lowest BCUT2D eigenvalue weighted by atomic mass is 9.70. The Hall–Kier alpha value is -1.28. The van der Waals surface area contributed by atoms with Gasteiger partial charge in [0.05, 0.1) is 5.75 Å². The van der Waals surface area contributed by atoms with Crippen LogP contribution in [0.1, 0.15) is 82.8 Å². The summed E-state index contributed by atoms with van der Waals surface area (Å²) in [6, 6.07) is 0. The van der Waals surface area contributed by atoms with Gasteiger partial charge in [-0.05, 0) is 49.9 Å². The lowest BCUT2D eigenvalue weighted by molar-refractivity contribution is -0.128. The fraction of sp³-hybridized carbons (Fsp3) is 0.864. The van der Waals surface area contributed by atoms with E-state index in [1.54, 1.807) is 4.31 Å². The summed E-state index contributed by atoms with van der Waals surface area (Å²) in [7, 11) is -3.46. The van der Waals surface area contributed by atoms with Gasteiger partial charge in [-0.3, -0.25) is 4.79 Å². The summed E-state index contributed by atoms with van der Waals surface area (Å²) in [6.45, 7) is 6.23. The van der Waals surface area contributed by atoms with E-state index in [4.69, 9.17) is 0 Å². The zero-order valence-electron chi connectivity index (χ0n) is 18.3. The molecule has 5 rings (SSSR count). The number of carbonyl (C=O) groups excluding carboxylic acids is 1. The van der Waals surface area contributed by atoms with E-state index in [-0.39, 0.29) is 22.9 Å². The predicted octanol–water partition coefficient (Wildman–Crippen LogP) is 2.91. The van der Waals surface area contributed by atoms with Crippen molar-refractivity contribution in [1.82, 2.24) is 19.1 Å². The van der Waals surface area contributed by atoms with Crippen LogP contribution < -0.4 is 0 Å². The molecule has 0 N–H and O–H groups in total. The molecule has 3 heterocycles. The Morgan fingerprint density at radius 1 is 1.03 bits per heavy atom. The third-order valence-corrected chi connectivity index (χ3v) is 10.9. The Morgan fingerprint density at radius 3 is 2.47 bits per heavy atom. The van der Waals surface area contributed by atoms with E-state index in [0.717, 1.165) is 56.7 Å². The average molecular weight is 435 g/mol. The molecule has 0 radical (unpaired) electrons. The second-order valence-electron chi connectivity index (χ2n) is 10.5. The van der Waals surface area contributed by atoms with Gasteiger partial charge in [0.25, 0.3) is 0 Å². The van der Waals surface area contributed by atoms with Crippen LogP contribution in [-0.2, 0) is 27.8 Å². The zero-order chi connectivity index (χ0) is 21.1. The van der Waals surface area contributed by atoms with E-state index in [2.05, 4.69) is 28.6 Å². The quantitative estimate of drug-likeness (QED) is 0.727. The number of sulfonamides is 1. The van der Waals surface area contributed by atoms with Gasteiger partial charge in [-0.15, -0.1) is 10.2 Å². The van der Waals surface area contributed by atoms with Crippen molar-refractivity contribution in [3.05, 3.63) is 11.6 Å². The Kier molecular flexibility index (Phi) is 4.89. The second kappa shape index (κ2) is 7.12. The van der Waals surface area contributed by atoms with Crippen LogP contribution in [0.15, 0.2) is 0 Å². The molecule has 1 aromatic rings. The molecule has 2 bridgehead atoms. The standard InChI is InChI=1S/C22H34N4O3S/c1-21(2)17-7-10-22(21,18(27)14-17)15-30(28,29)25-12-8-16(9-13-25)20-24-23-19-6-4-3-5-11-26(19)20/h16-17H,3-15H2,1-2H3/t17-,22-/m1/s1. The highest BCUT2D eigenvalue weighted by Gasteiger charge is 2.65. The molecule has 0 aromatic carbocycles. The fourth-order valence-electron chi connectivity index (χ4n) is 6.71. The van der Waals surface area contributed by atoms with Crippen molar-refractivity contribution in [2.24, 2.45) is 16.7 Å². The molecule has 0 spiro atoms. The highest BCUT2D eigenvalue weighted by Crippen LogP contribution is 2.64. The van der Waals surface area contributed by atoms with Crippen molar-refractivity contribution in [1.29, 1.82) is 0 Å². The maximum Gasteiger partial charge on any atom is 0.215 e. The van der Waals surface area contributed by atoms with Crippen molar-refractivity contribution in [3.8, 4) is 0 Å². The molecule has 0 unspecified atom stereocenters. The number of rotatable bonds is 4. The third kappa shape index (κ3) is 3.00. The number of hydrogen-bond donors (Lipinski definition) is 0. The van der Waals surface area contributed by atoms with Crippen molar-refractivity contribution < 1.29 is 13.2 Å². The molecule has 4 aliphatic rings. The Labute approximate surface area is 179 Å². The number of piperidine rings is 1. The normalized spacial score (nSPS) is 32.3. The highest BCUT2D eigenvalue weighted by molar-refractivity contribution is 7.89. The first-order valence-electron chi connectivity index (χ1n) is 11.7. The van der Waals surface area contributed by atoms with Crippen molar-refractivity contribution >= 4 is 15.8 Å². The van der Waals surface area contributed by atoms with Crippen LogP contribution in [0.3, 0.4) is 0 Å². The molecular weight excluding hydrogens is 400 g/mol. The molecule has 3 fully saturated rings. The van der Waals surface area contributed by atoms with E-state index in [0.29, 0.717) is 25.4 Å². The summed E-state index contributed by atoms with van der Waals surface area (Å²) in [5, 5.41) is 8.91. The zero-order valence-corrected chi connectivity index (χ0v) is 19.1. The van der Waals surface area contributed by atoms with Gasteiger partial charge in [-0.1, -0.05) is 20.3 Å². The van der Waals surface area contributed by atoms with E-state index >= 15 is 0 Å². The molecule has 2 aliphatic heterocycles. The number of fused-ring (bicyclic) bond motifs is 3. The number of nitrogens with zero attached hydrogens (tertiary/aromatic N) is 4. The van der Waals surface area contributed by atoms with Gasteiger partial charge in [0.15, 0.2) is 0 Å². The third-order valence-electron chi connectivity index (χ3n) is 8.92. The van der Waals surface area contributed by atoms with E-state index in [1.165, 1.54) is 12.8 Å². The minimum absolute atomic E-state index is 0.00662. The molecule has 2 saturated carbocycles. The topological polar surface area (TPSA) is 85.2 Å². The summed E-state index contributed by atoms with van der Waals surface area (Å²) in [4.78, 5) is 12.8. The van der Waals surface area contributed by atoms with Crippen LogP contribution in [0, 0.1) is 16.7 Å². The van der Waals surface area contributed by atoms with Crippen LogP contribution >= 0.6 is 0 Å². The molecule has 2 atom stereocenters. The first-order valence-corrected chi connectivity index (χ1v) is 13.3. The molecule has 0 amide bonds. The molecule has 7 nitrogen and oxygen atoms in total. The molecule has 1 saturated heterocycles. The van der Waals surface area contributed by atoms with Crippen LogP contribution in [0.4, 0.5) is 0 Å². The maximum absolute atomic E-state index is 13.4. The lowest BCUT2D eigenvalue weighted by Crippen LogP contribution is -2.48. The van der Waals surface area contributed by atoms with Crippen LogP contribution in [0.2, 0.25) is 0 Å².